The number of nitrogens with zero attached hydrogens (tertiary/aromatic N) is 1. The number of amides is 1. The summed E-state index contributed by atoms with van der Waals surface area (Å²) in [6.07, 6.45) is 6.48. The van der Waals surface area contributed by atoms with Gasteiger partial charge in [-0.05, 0) is 18.6 Å². The third kappa shape index (κ3) is 3.07. The average Bonchev–Trinajstić information content (AvgIpc) is 2.88. The van der Waals surface area contributed by atoms with Gasteiger partial charge >= 0.3 is 0 Å². The Kier molecular flexibility index (Phi) is 3.90. The van der Waals surface area contributed by atoms with Crippen LogP contribution in [0.2, 0.25) is 0 Å². The molecule has 0 aliphatic heterocycles. The van der Waals surface area contributed by atoms with Crippen LogP contribution in [-0.4, -0.2) is 27.4 Å². The molecule has 0 aliphatic carbocycles. The number of carbonyl (C=O) groups is 1. The van der Waals surface area contributed by atoms with Crippen molar-refractivity contribution in [3.8, 4) is 0 Å². The summed E-state index contributed by atoms with van der Waals surface area (Å²) >= 11 is 0. The lowest BCUT2D eigenvalue weighted by molar-refractivity contribution is 0.0951. The molecule has 0 saturated heterocycles. The van der Waals surface area contributed by atoms with Gasteiger partial charge in [-0.3, -0.25) is 9.59 Å². The van der Waals surface area contributed by atoms with E-state index in [-0.39, 0.29) is 17.0 Å². The molecule has 3 N–H and O–H groups in total. The quantitative estimate of drug-likeness (QED) is 0.669. The Morgan fingerprint density at radius 2 is 2.22 bits per heavy atom. The van der Waals surface area contributed by atoms with Crippen LogP contribution in [0, 0.1) is 0 Å². The minimum Gasteiger partial charge on any atom is -0.352 e. The van der Waals surface area contributed by atoms with Gasteiger partial charge in [0.05, 0.1) is 0 Å². The van der Waals surface area contributed by atoms with E-state index in [1.807, 2.05) is 0 Å². The summed E-state index contributed by atoms with van der Waals surface area (Å²) in [6, 6.07) is 3.12. The number of aromatic nitrogens is 3. The summed E-state index contributed by atoms with van der Waals surface area (Å²) in [5, 5.41) is 2.70. The van der Waals surface area contributed by atoms with Crippen LogP contribution >= 0.6 is 0 Å². The van der Waals surface area contributed by atoms with Crippen molar-refractivity contribution in [1.29, 1.82) is 0 Å². The molecule has 0 aliphatic rings. The maximum atomic E-state index is 11.7. The molecule has 0 saturated carbocycles. The number of aromatic amines is 2. The Morgan fingerprint density at radius 1 is 1.33 bits per heavy atom. The first-order valence-electron chi connectivity index (χ1n) is 5.71. The smallest absolute Gasteiger partial charge is 0.260 e. The van der Waals surface area contributed by atoms with Gasteiger partial charge in [0, 0.05) is 31.6 Å². The van der Waals surface area contributed by atoms with Crippen molar-refractivity contribution < 1.29 is 4.79 Å². The molecular formula is C12H14N4O2. The number of hydrogen-bond donors (Lipinski definition) is 3. The second-order valence-electron chi connectivity index (χ2n) is 3.81. The summed E-state index contributed by atoms with van der Waals surface area (Å²) in [5.74, 6) is 0.540. The lowest BCUT2D eigenvalue weighted by atomic mass is 10.2. The van der Waals surface area contributed by atoms with Crippen LogP contribution in [0.3, 0.4) is 0 Å². The number of pyridine rings is 1. The maximum Gasteiger partial charge on any atom is 0.260 e. The number of H-pyrrole nitrogens is 2. The van der Waals surface area contributed by atoms with Crippen LogP contribution < -0.4 is 10.9 Å². The number of carbonyl (C=O) groups excluding carboxylic acids is 1. The number of nitrogens with one attached hydrogen (secondary N) is 3. The first kappa shape index (κ1) is 12.1. The van der Waals surface area contributed by atoms with Crippen molar-refractivity contribution >= 4 is 5.91 Å². The van der Waals surface area contributed by atoms with E-state index in [1.165, 1.54) is 12.3 Å². The highest BCUT2D eigenvalue weighted by atomic mass is 16.2. The number of aryl methyl sites for hydroxylation is 1. The van der Waals surface area contributed by atoms with Gasteiger partial charge in [0.2, 0.25) is 0 Å². The monoisotopic (exact) mass is 246 g/mol. The zero-order valence-corrected chi connectivity index (χ0v) is 9.77. The molecule has 0 unspecified atom stereocenters. The lowest BCUT2D eigenvalue weighted by Crippen LogP contribution is -2.30. The van der Waals surface area contributed by atoms with E-state index in [1.54, 1.807) is 18.5 Å². The van der Waals surface area contributed by atoms with E-state index in [2.05, 4.69) is 20.3 Å². The summed E-state index contributed by atoms with van der Waals surface area (Å²) < 4.78 is 0. The molecule has 0 radical (unpaired) electrons. The highest BCUT2D eigenvalue weighted by Gasteiger charge is 2.08. The molecule has 6 nitrogen and oxygen atoms in total. The molecule has 1 amide bonds. The largest absolute Gasteiger partial charge is 0.352 e. The Labute approximate surface area is 103 Å². The molecule has 0 atom stereocenters. The molecule has 0 spiro atoms. The topological polar surface area (TPSA) is 90.6 Å². The van der Waals surface area contributed by atoms with Crippen molar-refractivity contribution in [2.24, 2.45) is 0 Å². The van der Waals surface area contributed by atoms with Gasteiger partial charge in [-0.1, -0.05) is 0 Å². The van der Waals surface area contributed by atoms with Crippen LogP contribution in [0.5, 0.6) is 0 Å². The summed E-state index contributed by atoms with van der Waals surface area (Å²) in [6.45, 7) is 0.508. The van der Waals surface area contributed by atoms with E-state index in [0.29, 0.717) is 6.54 Å². The molecule has 0 aromatic carbocycles. The maximum absolute atomic E-state index is 11.7. The molecule has 18 heavy (non-hydrogen) atoms. The van der Waals surface area contributed by atoms with Gasteiger partial charge in [-0.25, -0.2) is 4.98 Å². The molecule has 94 valence electrons. The lowest BCUT2D eigenvalue weighted by Gasteiger charge is -2.03. The van der Waals surface area contributed by atoms with Crippen LogP contribution in [0.25, 0.3) is 0 Å². The average molecular weight is 246 g/mol. The molecule has 0 fully saturated rings. The number of rotatable bonds is 5. The fourth-order valence-electron chi connectivity index (χ4n) is 1.59. The van der Waals surface area contributed by atoms with Gasteiger partial charge in [0.1, 0.15) is 11.4 Å². The van der Waals surface area contributed by atoms with Gasteiger partial charge in [0.25, 0.3) is 11.5 Å². The van der Waals surface area contributed by atoms with Crippen molar-refractivity contribution in [3.63, 3.8) is 0 Å². The van der Waals surface area contributed by atoms with Crippen molar-refractivity contribution in [2.45, 2.75) is 12.8 Å². The molecule has 0 bridgehead atoms. The third-order valence-electron chi connectivity index (χ3n) is 2.49. The summed E-state index contributed by atoms with van der Waals surface area (Å²) in [5.41, 5.74) is -0.239. The molecule has 2 heterocycles. The Morgan fingerprint density at radius 3 is 2.94 bits per heavy atom. The Hall–Kier alpha value is -2.37. The van der Waals surface area contributed by atoms with Crippen LogP contribution in [0.15, 0.2) is 35.5 Å². The van der Waals surface area contributed by atoms with Gasteiger partial charge in [-0.15, -0.1) is 0 Å². The molecule has 2 rings (SSSR count). The number of imidazole rings is 1. The summed E-state index contributed by atoms with van der Waals surface area (Å²) in [4.78, 5) is 32.6. The first-order chi connectivity index (χ1) is 8.77. The van der Waals surface area contributed by atoms with Crippen LogP contribution in [0.1, 0.15) is 22.6 Å². The van der Waals surface area contributed by atoms with E-state index in [0.717, 1.165) is 18.7 Å². The predicted octanol–water partition coefficient (Wildman–Crippen LogP) is 0.461. The minimum absolute atomic E-state index is 0.135. The van der Waals surface area contributed by atoms with Crippen molar-refractivity contribution in [3.05, 3.63) is 52.5 Å². The highest BCUT2D eigenvalue weighted by Crippen LogP contribution is 1.94. The fourth-order valence-corrected chi connectivity index (χ4v) is 1.59. The van der Waals surface area contributed by atoms with Crippen molar-refractivity contribution in [2.75, 3.05) is 6.54 Å². The van der Waals surface area contributed by atoms with E-state index in [4.69, 9.17) is 0 Å². The van der Waals surface area contributed by atoms with Gasteiger partial charge in [-0.2, -0.15) is 0 Å². The summed E-state index contributed by atoms with van der Waals surface area (Å²) in [7, 11) is 0. The molecular weight excluding hydrogens is 232 g/mol. The van der Waals surface area contributed by atoms with Crippen LogP contribution in [0.4, 0.5) is 0 Å². The Balaban J connectivity index is 1.79. The SMILES string of the molecule is O=C(NCCCc1ncc[nH]1)c1ccc[nH]c1=O. The predicted molar refractivity (Wildman–Crippen MR) is 66.3 cm³/mol. The molecule has 2 aromatic heterocycles. The fraction of sp³-hybridized carbons (Fsp3) is 0.250. The standard InChI is InChI=1S/C12H14N4O2/c17-11-9(3-1-5-15-11)12(18)16-6-2-4-10-13-7-8-14-10/h1,3,5,7-8H,2,4,6H2,(H,13,14)(H,15,17)(H,16,18). The van der Waals surface area contributed by atoms with E-state index in [9.17, 15) is 9.59 Å². The zero-order chi connectivity index (χ0) is 12.8. The Bertz CT molecular complexity index is 559. The van der Waals surface area contributed by atoms with Crippen molar-refractivity contribution in [1.82, 2.24) is 20.3 Å². The molecule has 2 aromatic rings. The second-order valence-corrected chi connectivity index (χ2v) is 3.81. The molecule has 6 heteroatoms. The van der Waals surface area contributed by atoms with E-state index < -0.39 is 0 Å². The second kappa shape index (κ2) is 5.81. The van der Waals surface area contributed by atoms with Gasteiger partial charge < -0.3 is 15.3 Å². The normalized spacial score (nSPS) is 10.2. The zero-order valence-electron chi connectivity index (χ0n) is 9.77. The minimum atomic E-state index is -0.374. The number of hydrogen-bond acceptors (Lipinski definition) is 3. The third-order valence-corrected chi connectivity index (χ3v) is 2.49. The first-order valence-corrected chi connectivity index (χ1v) is 5.71. The van der Waals surface area contributed by atoms with Gasteiger partial charge in [0.15, 0.2) is 0 Å². The van der Waals surface area contributed by atoms with Crippen LogP contribution in [-0.2, 0) is 6.42 Å². The van der Waals surface area contributed by atoms with E-state index >= 15 is 0 Å². The highest BCUT2D eigenvalue weighted by molar-refractivity contribution is 5.93.